The van der Waals surface area contributed by atoms with Gasteiger partial charge in [-0.2, -0.15) is 0 Å². The van der Waals surface area contributed by atoms with Crippen molar-refractivity contribution in [3.63, 3.8) is 0 Å². The molecule has 0 N–H and O–H groups in total. The summed E-state index contributed by atoms with van der Waals surface area (Å²) in [5, 5.41) is 1.39. The van der Waals surface area contributed by atoms with Gasteiger partial charge in [0.1, 0.15) is 5.82 Å². The second kappa shape index (κ2) is 7.98. The minimum atomic E-state index is -0.345. The fourth-order valence-corrected chi connectivity index (χ4v) is 3.60. The molecule has 0 saturated heterocycles. The minimum absolute atomic E-state index is 0.194. The molecule has 0 spiro atoms. The van der Waals surface area contributed by atoms with Crippen LogP contribution in [0, 0.1) is 12.7 Å². The number of rotatable bonds is 4. The van der Waals surface area contributed by atoms with E-state index in [-0.39, 0.29) is 11.6 Å². The number of halogens is 2. The SMILES string of the molecule is Cc1nc2ccc(Cl)cc2c(-c2ccccc2)c1C(=O)/C=C/c1cccc(F)c1. The van der Waals surface area contributed by atoms with Gasteiger partial charge in [-0.3, -0.25) is 9.78 Å². The number of fused-ring (bicyclic) bond motifs is 1. The van der Waals surface area contributed by atoms with Crippen LogP contribution in [0.15, 0.2) is 78.9 Å². The van der Waals surface area contributed by atoms with Crippen LogP contribution in [0.4, 0.5) is 4.39 Å². The van der Waals surface area contributed by atoms with Crippen LogP contribution < -0.4 is 0 Å². The van der Waals surface area contributed by atoms with Gasteiger partial charge in [0.15, 0.2) is 5.78 Å². The number of aromatic nitrogens is 1. The normalized spacial score (nSPS) is 11.3. The molecule has 0 unspecified atom stereocenters. The van der Waals surface area contributed by atoms with Crippen molar-refractivity contribution in [2.24, 2.45) is 0 Å². The number of carbonyl (C=O) groups excluding carboxylic acids is 1. The van der Waals surface area contributed by atoms with E-state index < -0.39 is 0 Å². The number of hydrogen-bond acceptors (Lipinski definition) is 2. The van der Waals surface area contributed by atoms with Crippen LogP contribution >= 0.6 is 11.6 Å². The van der Waals surface area contributed by atoms with Crippen molar-refractivity contribution in [2.75, 3.05) is 0 Å². The molecular formula is C25H17ClFNO. The topological polar surface area (TPSA) is 30.0 Å². The third kappa shape index (κ3) is 3.96. The first-order chi connectivity index (χ1) is 14.0. The van der Waals surface area contributed by atoms with Crippen LogP contribution in [-0.4, -0.2) is 10.8 Å². The monoisotopic (exact) mass is 401 g/mol. The molecule has 0 aliphatic heterocycles. The van der Waals surface area contributed by atoms with Gasteiger partial charge in [-0.1, -0.05) is 60.1 Å². The third-order valence-electron chi connectivity index (χ3n) is 4.71. The predicted octanol–water partition coefficient (Wildman–Crippen LogP) is 6.90. The average molecular weight is 402 g/mol. The summed E-state index contributed by atoms with van der Waals surface area (Å²) in [7, 11) is 0. The molecule has 2 nitrogen and oxygen atoms in total. The van der Waals surface area contributed by atoms with Gasteiger partial charge in [0.25, 0.3) is 0 Å². The van der Waals surface area contributed by atoms with Gasteiger partial charge < -0.3 is 0 Å². The highest BCUT2D eigenvalue weighted by molar-refractivity contribution is 6.31. The summed E-state index contributed by atoms with van der Waals surface area (Å²) in [6, 6.07) is 21.3. The largest absolute Gasteiger partial charge is 0.289 e. The Kier molecular flexibility index (Phi) is 5.24. The Labute approximate surface area is 173 Å². The quantitative estimate of drug-likeness (QED) is 0.275. The molecule has 0 bridgehead atoms. The maximum atomic E-state index is 13.4. The van der Waals surface area contributed by atoms with E-state index in [9.17, 15) is 9.18 Å². The molecule has 0 aliphatic rings. The summed E-state index contributed by atoms with van der Waals surface area (Å²) in [4.78, 5) is 17.8. The highest BCUT2D eigenvalue weighted by Crippen LogP contribution is 2.35. The molecule has 4 aromatic rings. The van der Waals surface area contributed by atoms with Crippen LogP contribution in [0.25, 0.3) is 28.1 Å². The molecule has 0 saturated carbocycles. The minimum Gasteiger partial charge on any atom is -0.289 e. The molecule has 4 rings (SSSR count). The maximum Gasteiger partial charge on any atom is 0.188 e. The van der Waals surface area contributed by atoms with Crippen molar-refractivity contribution in [1.82, 2.24) is 4.98 Å². The fourth-order valence-electron chi connectivity index (χ4n) is 3.43. The van der Waals surface area contributed by atoms with E-state index in [0.717, 1.165) is 22.0 Å². The summed E-state index contributed by atoms with van der Waals surface area (Å²) in [6.07, 6.45) is 3.07. The second-order valence-electron chi connectivity index (χ2n) is 6.73. The van der Waals surface area contributed by atoms with Crippen LogP contribution in [0.3, 0.4) is 0 Å². The van der Waals surface area contributed by atoms with Crippen molar-refractivity contribution < 1.29 is 9.18 Å². The highest BCUT2D eigenvalue weighted by atomic mass is 35.5. The van der Waals surface area contributed by atoms with Gasteiger partial charge in [-0.05, 0) is 54.5 Å². The maximum absolute atomic E-state index is 13.4. The lowest BCUT2D eigenvalue weighted by Gasteiger charge is -2.14. The third-order valence-corrected chi connectivity index (χ3v) is 4.95. The molecule has 0 radical (unpaired) electrons. The molecule has 142 valence electrons. The number of benzene rings is 3. The molecule has 0 atom stereocenters. The van der Waals surface area contributed by atoms with E-state index in [1.54, 1.807) is 24.3 Å². The summed E-state index contributed by atoms with van der Waals surface area (Å²) in [5.74, 6) is -0.539. The Hall–Kier alpha value is -3.30. The van der Waals surface area contributed by atoms with Crippen molar-refractivity contribution in [2.45, 2.75) is 6.92 Å². The van der Waals surface area contributed by atoms with Gasteiger partial charge in [0, 0.05) is 21.7 Å². The lowest BCUT2D eigenvalue weighted by molar-refractivity contribution is 0.104. The van der Waals surface area contributed by atoms with Crippen molar-refractivity contribution in [1.29, 1.82) is 0 Å². The van der Waals surface area contributed by atoms with Gasteiger partial charge in [0.2, 0.25) is 0 Å². The molecule has 3 aromatic carbocycles. The first-order valence-corrected chi connectivity index (χ1v) is 9.54. The average Bonchev–Trinajstić information content (AvgIpc) is 2.72. The van der Waals surface area contributed by atoms with Crippen LogP contribution in [0.5, 0.6) is 0 Å². The summed E-state index contributed by atoms with van der Waals surface area (Å²) in [6.45, 7) is 1.82. The number of nitrogens with zero attached hydrogens (tertiary/aromatic N) is 1. The molecular weight excluding hydrogens is 385 g/mol. The van der Waals surface area contributed by atoms with E-state index in [0.29, 0.717) is 21.8 Å². The number of ketones is 1. The number of allylic oxidation sites excluding steroid dienone is 1. The van der Waals surface area contributed by atoms with E-state index in [1.807, 2.05) is 49.4 Å². The number of carbonyl (C=O) groups is 1. The Bertz CT molecular complexity index is 1250. The zero-order valence-corrected chi connectivity index (χ0v) is 16.5. The Morgan fingerprint density at radius 2 is 1.79 bits per heavy atom. The van der Waals surface area contributed by atoms with E-state index in [1.165, 1.54) is 18.2 Å². The van der Waals surface area contributed by atoms with E-state index in [2.05, 4.69) is 4.98 Å². The Balaban J connectivity index is 1.91. The summed E-state index contributed by atoms with van der Waals surface area (Å²) in [5.41, 5.74) is 4.24. The first-order valence-electron chi connectivity index (χ1n) is 9.16. The Morgan fingerprint density at radius 1 is 1.00 bits per heavy atom. The van der Waals surface area contributed by atoms with E-state index >= 15 is 0 Å². The second-order valence-corrected chi connectivity index (χ2v) is 7.16. The van der Waals surface area contributed by atoms with Gasteiger partial charge >= 0.3 is 0 Å². The van der Waals surface area contributed by atoms with Crippen LogP contribution in [0.1, 0.15) is 21.6 Å². The predicted molar refractivity (Wildman–Crippen MR) is 117 cm³/mol. The molecule has 1 heterocycles. The van der Waals surface area contributed by atoms with E-state index in [4.69, 9.17) is 11.6 Å². The molecule has 29 heavy (non-hydrogen) atoms. The van der Waals surface area contributed by atoms with Gasteiger partial charge in [-0.25, -0.2) is 4.39 Å². The molecule has 0 aliphatic carbocycles. The zero-order chi connectivity index (χ0) is 20.4. The lowest BCUT2D eigenvalue weighted by Crippen LogP contribution is -2.05. The summed E-state index contributed by atoms with van der Waals surface area (Å²) < 4.78 is 13.4. The van der Waals surface area contributed by atoms with Crippen molar-refractivity contribution in [3.8, 4) is 11.1 Å². The summed E-state index contributed by atoms with van der Waals surface area (Å²) >= 11 is 6.24. The molecule has 4 heteroatoms. The smallest absolute Gasteiger partial charge is 0.188 e. The standard InChI is InChI=1S/C25H17ClFNO/c1-16-24(23(29)13-10-17-6-5-9-20(27)14-17)25(18-7-3-2-4-8-18)21-15-19(26)11-12-22(21)28-16/h2-15H,1H3/b13-10+. The Morgan fingerprint density at radius 3 is 2.55 bits per heavy atom. The number of aryl methyl sites for hydroxylation is 1. The van der Waals surface area contributed by atoms with Crippen LogP contribution in [0.2, 0.25) is 5.02 Å². The molecule has 1 aromatic heterocycles. The highest BCUT2D eigenvalue weighted by Gasteiger charge is 2.19. The number of pyridine rings is 1. The zero-order valence-electron chi connectivity index (χ0n) is 15.7. The van der Waals surface area contributed by atoms with Crippen molar-refractivity contribution in [3.05, 3.63) is 107 Å². The van der Waals surface area contributed by atoms with Crippen molar-refractivity contribution >= 4 is 34.4 Å². The van der Waals surface area contributed by atoms with Gasteiger partial charge in [0.05, 0.1) is 11.1 Å². The van der Waals surface area contributed by atoms with Crippen LogP contribution in [-0.2, 0) is 0 Å². The van der Waals surface area contributed by atoms with Gasteiger partial charge in [-0.15, -0.1) is 0 Å². The number of hydrogen-bond donors (Lipinski definition) is 0. The lowest BCUT2D eigenvalue weighted by atomic mass is 9.92. The molecule has 0 amide bonds. The fraction of sp³-hybridized carbons (Fsp3) is 0.0400. The first kappa shape index (κ1) is 19.0. The molecule has 0 fully saturated rings.